The van der Waals surface area contributed by atoms with Crippen LogP contribution >= 0.6 is 0 Å². The number of benzene rings is 1. The maximum absolute atomic E-state index is 12.8. The number of H-pyrrole nitrogens is 1. The topological polar surface area (TPSA) is 58.2 Å². The number of amides is 1. The van der Waals surface area contributed by atoms with Gasteiger partial charge in [-0.3, -0.25) is 9.89 Å². The number of fused-ring (bicyclic) bond motifs is 1. The Bertz CT molecular complexity index is 773. The van der Waals surface area contributed by atoms with E-state index in [0.29, 0.717) is 11.8 Å². The van der Waals surface area contributed by atoms with Gasteiger partial charge in [0.15, 0.2) is 0 Å². The Labute approximate surface area is 148 Å². The Morgan fingerprint density at radius 3 is 2.80 bits per heavy atom. The molecule has 0 atom stereocenters. The highest BCUT2D eigenvalue weighted by Gasteiger charge is 2.26. The molecule has 0 bridgehead atoms. The van der Waals surface area contributed by atoms with Crippen molar-refractivity contribution in [3.63, 3.8) is 0 Å². The van der Waals surface area contributed by atoms with Crippen molar-refractivity contribution < 1.29 is 9.53 Å². The lowest BCUT2D eigenvalue weighted by atomic mass is 9.92. The molecule has 1 aromatic carbocycles. The molecule has 5 heteroatoms. The molecule has 0 spiro atoms. The highest BCUT2D eigenvalue weighted by molar-refractivity contribution is 5.94. The monoisotopic (exact) mass is 339 g/mol. The fourth-order valence-electron chi connectivity index (χ4n) is 3.75. The Hall–Kier alpha value is -2.30. The second-order valence-corrected chi connectivity index (χ2v) is 7.39. The molecule has 1 aromatic heterocycles. The lowest BCUT2D eigenvalue weighted by Crippen LogP contribution is -2.38. The molecule has 4 rings (SSSR count). The summed E-state index contributed by atoms with van der Waals surface area (Å²) in [5.74, 6) is 1.98. The summed E-state index contributed by atoms with van der Waals surface area (Å²) in [6.07, 6.45) is 2.87. The number of carbonyl (C=O) groups excluding carboxylic acids is 1. The van der Waals surface area contributed by atoms with E-state index < -0.39 is 0 Å². The molecule has 0 aliphatic carbocycles. The third kappa shape index (κ3) is 3.15. The summed E-state index contributed by atoms with van der Waals surface area (Å²) < 4.78 is 5.53. The quantitative estimate of drug-likeness (QED) is 0.931. The van der Waals surface area contributed by atoms with Crippen LogP contribution in [0.4, 0.5) is 0 Å². The number of aromatic nitrogens is 2. The van der Waals surface area contributed by atoms with Gasteiger partial charge < -0.3 is 9.64 Å². The highest BCUT2D eigenvalue weighted by Crippen LogP contribution is 2.30. The number of rotatable bonds is 3. The molecular formula is C20H25N3O2. The number of nitrogens with one attached hydrogen (secondary N) is 1. The fraction of sp³-hybridized carbons (Fsp3) is 0.500. The summed E-state index contributed by atoms with van der Waals surface area (Å²) in [6, 6.07) is 8.01. The first-order valence-corrected chi connectivity index (χ1v) is 9.22. The molecule has 0 saturated carbocycles. The molecule has 1 saturated heterocycles. The van der Waals surface area contributed by atoms with Crippen LogP contribution in [0.25, 0.3) is 0 Å². The average molecular weight is 339 g/mol. The molecule has 2 aromatic rings. The first kappa shape index (κ1) is 16.2. The van der Waals surface area contributed by atoms with Gasteiger partial charge in [-0.2, -0.15) is 5.10 Å². The average Bonchev–Trinajstić information content (AvgIpc) is 3.30. The lowest BCUT2D eigenvalue weighted by Gasteiger charge is -2.31. The van der Waals surface area contributed by atoms with Crippen LogP contribution in [0.2, 0.25) is 0 Å². The molecule has 3 heterocycles. The van der Waals surface area contributed by atoms with E-state index in [1.807, 2.05) is 23.1 Å². The van der Waals surface area contributed by atoms with Crippen molar-refractivity contribution in [3.8, 4) is 5.75 Å². The second kappa shape index (κ2) is 6.54. The Morgan fingerprint density at radius 2 is 2.08 bits per heavy atom. The molecular weight excluding hydrogens is 314 g/mol. The van der Waals surface area contributed by atoms with Crippen molar-refractivity contribution >= 4 is 5.91 Å². The molecule has 25 heavy (non-hydrogen) atoms. The number of hydrogen-bond donors (Lipinski definition) is 1. The summed E-state index contributed by atoms with van der Waals surface area (Å²) in [5.41, 5.74) is 4.27. The maximum atomic E-state index is 12.8. The van der Waals surface area contributed by atoms with E-state index >= 15 is 0 Å². The standard InChI is InChI=1S/C20H25N3O2/c1-13(2)17-12-18(22-21-17)14-5-8-23(9-6-14)20(24)16-3-4-19-15(11-16)7-10-25-19/h3-4,11-14H,5-10H2,1-2H3,(H,21,22). The van der Waals surface area contributed by atoms with E-state index in [1.165, 1.54) is 5.69 Å². The number of piperidine rings is 1. The number of nitrogens with zero attached hydrogens (tertiary/aromatic N) is 2. The van der Waals surface area contributed by atoms with Gasteiger partial charge in [0.1, 0.15) is 5.75 Å². The van der Waals surface area contributed by atoms with E-state index in [2.05, 4.69) is 30.1 Å². The van der Waals surface area contributed by atoms with Crippen molar-refractivity contribution in [2.45, 2.75) is 44.9 Å². The van der Waals surface area contributed by atoms with Crippen molar-refractivity contribution in [1.82, 2.24) is 15.1 Å². The summed E-state index contributed by atoms with van der Waals surface area (Å²) in [6.45, 7) is 6.63. The van der Waals surface area contributed by atoms with Gasteiger partial charge in [0, 0.05) is 36.7 Å². The van der Waals surface area contributed by atoms with Crippen LogP contribution in [0.15, 0.2) is 24.3 Å². The van der Waals surface area contributed by atoms with Gasteiger partial charge >= 0.3 is 0 Å². The molecule has 2 aliphatic rings. The third-order valence-corrected chi connectivity index (χ3v) is 5.37. The summed E-state index contributed by atoms with van der Waals surface area (Å²) in [4.78, 5) is 14.8. The minimum Gasteiger partial charge on any atom is -0.493 e. The van der Waals surface area contributed by atoms with Crippen LogP contribution in [0.1, 0.15) is 65.8 Å². The Kier molecular flexibility index (Phi) is 4.24. The van der Waals surface area contributed by atoms with Gasteiger partial charge in [-0.25, -0.2) is 0 Å². The smallest absolute Gasteiger partial charge is 0.253 e. The molecule has 1 N–H and O–H groups in total. The van der Waals surface area contributed by atoms with Crippen molar-refractivity contribution in [2.75, 3.05) is 19.7 Å². The lowest BCUT2D eigenvalue weighted by molar-refractivity contribution is 0.0712. The van der Waals surface area contributed by atoms with Gasteiger partial charge in [-0.15, -0.1) is 0 Å². The van der Waals surface area contributed by atoms with Gasteiger partial charge in [0.2, 0.25) is 0 Å². The van der Waals surface area contributed by atoms with Crippen LogP contribution in [0.3, 0.4) is 0 Å². The Morgan fingerprint density at radius 1 is 1.28 bits per heavy atom. The zero-order chi connectivity index (χ0) is 17.4. The summed E-state index contributed by atoms with van der Waals surface area (Å²) in [7, 11) is 0. The zero-order valence-electron chi connectivity index (χ0n) is 14.9. The van der Waals surface area contributed by atoms with Crippen LogP contribution in [0.5, 0.6) is 5.75 Å². The van der Waals surface area contributed by atoms with Gasteiger partial charge in [0.25, 0.3) is 5.91 Å². The summed E-state index contributed by atoms with van der Waals surface area (Å²) in [5, 5.41) is 7.60. The first-order chi connectivity index (χ1) is 12.1. The molecule has 132 valence electrons. The highest BCUT2D eigenvalue weighted by atomic mass is 16.5. The zero-order valence-corrected chi connectivity index (χ0v) is 14.9. The van der Waals surface area contributed by atoms with E-state index in [-0.39, 0.29) is 5.91 Å². The van der Waals surface area contributed by atoms with E-state index in [1.54, 1.807) is 0 Å². The number of aromatic amines is 1. The number of hydrogen-bond acceptors (Lipinski definition) is 3. The Balaban J connectivity index is 1.40. The van der Waals surface area contributed by atoms with Gasteiger partial charge in [-0.05, 0) is 48.6 Å². The van der Waals surface area contributed by atoms with Crippen LogP contribution < -0.4 is 4.74 Å². The summed E-state index contributed by atoms with van der Waals surface area (Å²) >= 11 is 0. The third-order valence-electron chi connectivity index (χ3n) is 5.37. The van der Waals surface area contributed by atoms with Crippen molar-refractivity contribution in [1.29, 1.82) is 0 Å². The van der Waals surface area contributed by atoms with Crippen molar-refractivity contribution in [2.24, 2.45) is 0 Å². The molecule has 0 radical (unpaired) electrons. The van der Waals surface area contributed by atoms with Gasteiger partial charge in [0.05, 0.1) is 12.3 Å². The van der Waals surface area contributed by atoms with Crippen LogP contribution in [0, 0.1) is 0 Å². The van der Waals surface area contributed by atoms with Gasteiger partial charge in [-0.1, -0.05) is 13.8 Å². The number of carbonyl (C=O) groups is 1. The van der Waals surface area contributed by atoms with E-state index in [0.717, 1.165) is 61.5 Å². The minimum atomic E-state index is 0.139. The molecule has 1 amide bonds. The van der Waals surface area contributed by atoms with Crippen LogP contribution in [-0.2, 0) is 6.42 Å². The van der Waals surface area contributed by atoms with E-state index in [4.69, 9.17) is 4.74 Å². The number of likely N-dealkylation sites (tertiary alicyclic amines) is 1. The predicted octanol–water partition coefficient (Wildman–Crippen LogP) is 3.49. The number of ether oxygens (including phenoxy) is 1. The maximum Gasteiger partial charge on any atom is 0.253 e. The molecule has 1 fully saturated rings. The SMILES string of the molecule is CC(C)c1cc(C2CCN(C(=O)c3ccc4c(c3)CCO4)CC2)[nH]n1. The van der Waals surface area contributed by atoms with Crippen molar-refractivity contribution in [3.05, 3.63) is 46.8 Å². The predicted molar refractivity (Wildman–Crippen MR) is 96.2 cm³/mol. The van der Waals surface area contributed by atoms with E-state index in [9.17, 15) is 4.79 Å². The molecule has 0 unspecified atom stereocenters. The minimum absolute atomic E-state index is 0.139. The second-order valence-electron chi connectivity index (χ2n) is 7.39. The first-order valence-electron chi connectivity index (χ1n) is 9.22. The largest absolute Gasteiger partial charge is 0.493 e. The molecule has 5 nitrogen and oxygen atoms in total. The normalized spacial score (nSPS) is 17.6. The van der Waals surface area contributed by atoms with Crippen LogP contribution in [-0.4, -0.2) is 40.7 Å². The fourth-order valence-corrected chi connectivity index (χ4v) is 3.75. The molecule has 2 aliphatic heterocycles.